The Balaban J connectivity index is 1.36. The Hall–Kier alpha value is -3.58. The number of nitrogens with one attached hydrogen (secondary N) is 3. The zero-order valence-electron chi connectivity index (χ0n) is 16.3. The van der Waals surface area contributed by atoms with Crippen molar-refractivity contribution in [3.8, 4) is 0 Å². The number of imidazole rings is 1. The molecule has 150 valence electrons. The Labute approximate surface area is 178 Å². The van der Waals surface area contributed by atoms with E-state index in [1.54, 1.807) is 24.3 Å². The lowest BCUT2D eigenvalue weighted by Gasteiger charge is -2.09. The van der Waals surface area contributed by atoms with Crippen LogP contribution in [-0.2, 0) is 4.79 Å². The number of amides is 2. The number of H-pyrrole nitrogens is 1. The number of fused-ring (bicyclic) bond motifs is 1. The van der Waals surface area contributed by atoms with Crippen molar-refractivity contribution in [2.24, 2.45) is 0 Å². The zero-order chi connectivity index (χ0) is 20.9. The summed E-state index contributed by atoms with van der Waals surface area (Å²) in [5, 5.41) is 6.40. The molecule has 0 unspecified atom stereocenters. The van der Waals surface area contributed by atoms with Gasteiger partial charge in [-0.1, -0.05) is 42.1 Å². The Morgan fingerprint density at radius 1 is 0.933 bits per heavy atom. The first-order valence-corrected chi connectivity index (χ1v) is 10.4. The molecule has 0 radical (unpaired) electrons. The zero-order valence-corrected chi connectivity index (χ0v) is 17.1. The van der Waals surface area contributed by atoms with Gasteiger partial charge in [0.05, 0.1) is 16.8 Å². The fourth-order valence-corrected chi connectivity index (χ4v) is 3.68. The lowest BCUT2D eigenvalue weighted by molar-refractivity contribution is -0.113. The van der Waals surface area contributed by atoms with Crippen molar-refractivity contribution in [3.63, 3.8) is 0 Å². The first-order valence-electron chi connectivity index (χ1n) is 9.42. The number of carbonyl (C=O) groups excluding carboxylic acids is 2. The quantitative estimate of drug-likeness (QED) is 0.392. The topological polar surface area (TPSA) is 86.9 Å². The average Bonchev–Trinajstić information content (AvgIpc) is 3.15. The highest BCUT2D eigenvalue weighted by molar-refractivity contribution is 7.99. The minimum atomic E-state index is -0.228. The highest BCUT2D eigenvalue weighted by Crippen LogP contribution is 2.20. The molecule has 3 N–H and O–H groups in total. The maximum Gasteiger partial charge on any atom is 0.255 e. The standard InChI is InChI=1S/C23H20N4O2S/c1-15-6-4-8-17(12-15)25-22(29)16-7-5-9-18(13-16)24-21(28)14-30-23-26-19-10-2-3-11-20(19)27-23/h2-13H,14H2,1H3,(H,24,28)(H,25,29)(H,26,27). The summed E-state index contributed by atoms with van der Waals surface area (Å²) in [6.07, 6.45) is 0. The van der Waals surface area contributed by atoms with Gasteiger partial charge < -0.3 is 15.6 Å². The minimum absolute atomic E-state index is 0.170. The molecule has 0 bridgehead atoms. The molecule has 7 heteroatoms. The fraction of sp³-hybridized carbons (Fsp3) is 0.0870. The van der Waals surface area contributed by atoms with E-state index in [0.717, 1.165) is 22.3 Å². The van der Waals surface area contributed by atoms with Crippen molar-refractivity contribution in [1.29, 1.82) is 0 Å². The monoisotopic (exact) mass is 416 g/mol. The van der Waals surface area contributed by atoms with Crippen LogP contribution in [0.25, 0.3) is 11.0 Å². The molecule has 0 atom stereocenters. The van der Waals surface area contributed by atoms with Gasteiger partial charge >= 0.3 is 0 Å². The van der Waals surface area contributed by atoms with Gasteiger partial charge in [-0.05, 0) is 55.0 Å². The molecule has 3 aromatic carbocycles. The number of thioether (sulfide) groups is 1. The van der Waals surface area contributed by atoms with Crippen LogP contribution in [0.1, 0.15) is 15.9 Å². The molecule has 6 nitrogen and oxygen atoms in total. The largest absolute Gasteiger partial charge is 0.333 e. The Bertz CT molecular complexity index is 1190. The molecular formula is C23H20N4O2S. The summed E-state index contributed by atoms with van der Waals surface area (Å²) in [4.78, 5) is 32.5. The van der Waals surface area contributed by atoms with Crippen molar-refractivity contribution < 1.29 is 9.59 Å². The highest BCUT2D eigenvalue weighted by atomic mass is 32.2. The van der Waals surface area contributed by atoms with Crippen LogP contribution in [0.3, 0.4) is 0 Å². The SMILES string of the molecule is Cc1cccc(NC(=O)c2cccc(NC(=O)CSc3nc4ccccc4[nH]3)c2)c1. The van der Waals surface area contributed by atoms with Crippen molar-refractivity contribution in [2.45, 2.75) is 12.1 Å². The van der Waals surface area contributed by atoms with Gasteiger partial charge in [-0.15, -0.1) is 0 Å². The van der Waals surface area contributed by atoms with E-state index < -0.39 is 0 Å². The summed E-state index contributed by atoms with van der Waals surface area (Å²) in [5.74, 6) is -0.190. The number of anilines is 2. The molecule has 30 heavy (non-hydrogen) atoms. The smallest absolute Gasteiger partial charge is 0.255 e. The summed E-state index contributed by atoms with van der Waals surface area (Å²) >= 11 is 1.33. The van der Waals surface area contributed by atoms with Crippen LogP contribution < -0.4 is 10.6 Å². The number of nitrogens with zero attached hydrogens (tertiary/aromatic N) is 1. The first-order chi connectivity index (χ1) is 14.6. The Morgan fingerprint density at radius 2 is 1.70 bits per heavy atom. The lowest BCUT2D eigenvalue weighted by Crippen LogP contribution is -2.16. The predicted octanol–water partition coefficient (Wildman–Crippen LogP) is 4.85. The number of carbonyl (C=O) groups is 2. The third-order valence-corrected chi connectivity index (χ3v) is 5.27. The lowest BCUT2D eigenvalue weighted by atomic mass is 10.1. The van der Waals surface area contributed by atoms with E-state index in [2.05, 4.69) is 20.6 Å². The number of para-hydroxylation sites is 2. The molecule has 0 spiro atoms. The van der Waals surface area contributed by atoms with Crippen LogP contribution in [-0.4, -0.2) is 27.5 Å². The Kier molecular flexibility index (Phi) is 5.81. The van der Waals surface area contributed by atoms with Gasteiger partial charge in [0, 0.05) is 16.9 Å². The molecule has 1 heterocycles. The Morgan fingerprint density at radius 3 is 2.50 bits per heavy atom. The third kappa shape index (κ3) is 4.87. The van der Waals surface area contributed by atoms with Crippen molar-refractivity contribution >= 4 is 46.0 Å². The molecule has 0 fully saturated rings. The van der Waals surface area contributed by atoms with Gasteiger partial charge in [-0.2, -0.15) is 0 Å². The first kappa shape index (κ1) is 19.7. The number of rotatable bonds is 6. The predicted molar refractivity (Wildman–Crippen MR) is 121 cm³/mol. The number of hydrogen-bond donors (Lipinski definition) is 3. The number of aromatic amines is 1. The van der Waals surface area contributed by atoms with E-state index >= 15 is 0 Å². The van der Waals surface area contributed by atoms with E-state index in [4.69, 9.17) is 0 Å². The van der Waals surface area contributed by atoms with Crippen LogP contribution in [0.4, 0.5) is 11.4 Å². The fourth-order valence-electron chi connectivity index (χ4n) is 2.99. The van der Waals surface area contributed by atoms with Crippen LogP contribution in [0.5, 0.6) is 0 Å². The number of hydrogen-bond acceptors (Lipinski definition) is 4. The molecule has 0 saturated carbocycles. The summed E-state index contributed by atoms with van der Waals surface area (Å²) in [6, 6.07) is 22.2. The van der Waals surface area contributed by atoms with E-state index in [-0.39, 0.29) is 17.6 Å². The molecule has 2 amide bonds. The molecule has 4 aromatic rings. The number of benzene rings is 3. The van der Waals surface area contributed by atoms with Crippen LogP contribution in [0.2, 0.25) is 0 Å². The van der Waals surface area contributed by atoms with Gasteiger partial charge in [-0.25, -0.2) is 4.98 Å². The number of aryl methyl sites for hydroxylation is 1. The molecule has 0 aliphatic rings. The van der Waals surface area contributed by atoms with E-state index in [1.165, 1.54) is 11.8 Å². The molecule has 4 rings (SSSR count). The maximum absolute atomic E-state index is 12.5. The van der Waals surface area contributed by atoms with Crippen molar-refractivity contribution in [3.05, 3.63) is 83.9 Å². The second-order valence-electron chi connectivity index (χ2n) is 6.80. The van der Waals surface area contributed by atoms with Gasteiger partial charge in [0.1, 0.15) is 0 Å². The summed E-state index contributed by atoms with van der Waals surface area (Å²) in [7, 11) is 0. The normalized spacial score (nSPS) is 10.7. The van der Waals surface area contributed by atoms with E-state index in [0.29, 0.717) is 16.4 Å². The molecule has 0 saturated heterocycles. The minimum Gasteiger partial charge on any atom is -0.333 e. The van der Waals surface area contributed by atoms with E-state index in [9.17, 15) is 9.59 Å². The summed E-state index contributed by atoms with van der Waals surface area (Å²) in [5.41, 5.74) is 4.65. The van der Waals surface area contributed by atoms with E-state index in [1.807, 2.05) is 55.5 Å². The van der Waals surface area contributed by atoms with Crippen molar-refractivity contribution in [2.75, 3.05) is 16.4 Å². The molecular weight excluding hydrogens is 396 g/mol. The number of aromatic nitrogens is 2. The summed E-state index contributed by atoms with van der Waals surface area (Å²) in [6.45, 7) is 1.97. The maximum atomic E-state index is 12.5. The van der Waals surface area contributed by atoms with Gasteiger partial charge in [-0.3, -0.25) is 9.59 Å². The molecule has 0 aliphatic heterocycles. The van der Waals surface area contributed by atoms with Crippen molar-refractivity contribution in [1.82, 2.24) is 9.97 Å². The third-order valence-electron chi connectivity index (χ3n) is 4.39. The second kappa shape index (κ2) is 8.84. The van der Waals surface area contributed by atoms with Crippen LogP contribution >= 0.6 is 11.8 Å². The molecule has 0 aliphatic carbocycles. The van der Waals surface area contributed by atoms with Crippen LogP contribution in [0.15, 0.2) is 78.0 Å². The molecule has 1 aromatic heterocycles. The highest BCUT2D eigenvalue weighted by Gasteiger charge is 2.10. The van der Waals surface area contributed by atoms with Gasteiger partial charge in [0.2, 0.25) is 5.91 Å². The van der Waals surface area contributed by atoms with Gasteiger partial charge in [0.15, 0.2) is 5.16 Å². The van der Waals surface area contributed by atoms with Gasteiger partial charge in [0.25, 0.3) is 5.91 Å². The second-order valence-corrected chi connectivity index (χ2v) is 7.76. The summed E-state index contributed by atoms with van der Waals surface area (Å²) < 4.78 is 0. The average molecular weight is 417 g/mol. The van der Waals surface area contributed by atoms with Crippen LogP contribution in [0, 0.1) is 6.92 Å².